The van der Waals surface area contributed by atoms with Crippen molar-refractivity contribution in [2.45, 2.75) is 44.2 Å². The predicted octanol–water partition coefficient (Wildman–Crippen LogP) is 2.36. The summed E-state index contributed by atoms with van der Waals surface area (Å²) >= 11 is 0. The highest BCUT2D eigenvalue weighted by Crippen LogP contribution is 2.41. The summed E-state index contributed by atoms with van der Waals surface area (Å²) in [6.07, 6.45) is 3.85. The zero-order valence-corrected chi connectivity index (χ0v) is 17.0. The zero-order valence-electron chi connectivity index (χ0n) is 17.0. The third-order valence-electron chi connectivity index (χ3n) is 7.47. The molecule has 6 heteroatoms. The Bertz CT molecular complexity index is 851. The number of Topliss-reactive ketones (excluding diaryl/α,β-unsaturated/α-hetero) is 1. The van der Waals surface area contributed by atoms with Crippen molar-refractivity contribution in [2.24, 2.45) is 17.3 Å². The molecular formula is C23H29FN4O. The smallest absolute Gasteiger partial charge is 0.151 e. The number of carbonyl (C=O) groups is 1. The summed E-state index contributed by atoms with van der Waals surface area (Å²) in [5.74, 6) is -0.184. The van der Waals surface area contributed by atoms with E-state index >= 15 is 0 Å². The molecule has 1 spiro atoms. The lowest BCUT2D eigenvalue weighted by Gasteiger charge is -2.60. The molecule has 3 aliphatic heterocycles. The second kappa shape index (κ2) is 7.07. The molecule has 154 valence electrons. The van der Waals surface area contributed by atoms with Crippen molar-refractivity contribution < 1.29 is 9.18 Å². The van der Waals surface area contributed by atoms with Crippen LogP contribution in [0.1, 0.15) is 31.2 Å². The summed E-state index contributed by atoms with van der Waals surface area (Å²) in [5.41, 5.74) is 1.86. The van der Waals surface area contributed by atoms with Crippen LogP contribution in [-0.4, -0.2) is 56.0 Å². The molecule has 1 aliphatic carbocycles. The Kier molecular flexibility index (Phi) is 4.64. The van der Waals surface area contributed by atoms with Crippen LogP contribution < -0.4 is 10.2 Å². The van der Waals surface area contributed by atoms with Gasteiger partial charge in [0.1, 0.15) is 5.82 Å². The maximum Gasteiger partial charge on any atom is 0.151 e. The highest BCUT2D eigenvalue weighted by atomic mass is 19.1. The number of rotatable bonds is 6. The van der Waals surface area contributed by atoms with Crippen LogP contribution in [-0.2, 0) is 11.2 Å². The topological polar surface area (TPSA) is 59.4 Å². The van der Waals surface area contributed by atoms with Gasteiger partial charge < -0.3 is 15.1 Å². The van der Waals surface area contributed by atoms with Gasteiger partial charge >= 0.3 is 0 Å². The Balaban J connectivity index is 1.18. The second-order valence-electron chi connectivity index (χ2n) is 9.92. The number of hydrogen-bond donors (Lipinski definition) is 1. The van der Waals surface area contributed by atoms with Gasteiger partial charge in [0.2, 0.25) is 0 Å². The van der Waals surface area contributed by atoms with E-state index in [-0.39, 0.29) is 24.1 Å². The van der Waals surface area contributed by atoms with E-state index in [0.29, 0.717) is 29.4 Å². The van der Waals surface area contributed by atoms with Crippen molar-refractivity contribution in [3.05, 3.63) is 29.6 Å². The normalized spacial score (nSPS) is 30.7. The number of hydrogen-bond acceptors (Lipinski definition) is 5. The Hall–Kier alpha value is -1.97. The molecule has 1 saturated carbocycles. The highest BCUT2D eigenvalue weighted by molar-refractivity contribution is 5.85. The van der Waals surface area contributed by atoms with E-state index in [2.05, 4.69) is 28.2 Å². The van der Waals surface area contributed by atoms with Gasteiger partial charge in [-0.25, -0.2) is 4.39 Å². The van der Waals surface area contributed by atoms with E-state index in [1.165, 1.54) is 0 Å². The minimum atomic E-state index is -0.471. The molecule has 4 fully saturated rings. The Morgan fingerprint density at radius 2 is 2.14 bits per heavy atom. The molecule has 3 saturated heterocycles. The Morgan fingerprint density at radius 1 is 1.34 bits per heavy atom. The molecule has 2 bridgehead atoms. The standard InChI is InChI=1S/C23H29FN4O/c1-27-11-23(12-27)13-28(14-23)19-5-3-16(20(24)9-19)6-15(10-25)7-21(29)22-17-2-4-18(8-17)26-22/h3,5,9,15,17-18,22,26H,2,4,6-8,11-14H2,1H3/t15-,17+,18-,22+/m1/s1. The van der Waals surface area contributed by atoms with Gasteiger partial charge in [-0.15, -0.1) is 0 Å². The summed E-state index contributed by atoms with van der Waals surface area (Å²) in [5, 5.41) is 13.0. The van der Waals surface area contributed by atoms with E-state index in [1.807, 2.05) is 6.07 Å². The summed E-state index contributed by atoms with van der Waals surface area (Å²) in [6.45, 7) is 4.22. The van der Waals surface area contributed by atoms with E-state index in [0.717, 1.165) is 51.1 Å². The first-order chi connectivity index (χ1) is 13.9. The van der Waals surface area contributed by atoms with Crippen LogP contribution in [0.5, 0.6) is 0 Å². The van der Waals surface area contributed by atoms with E-state index in [4.69, 9.17) is 0 Å². The molecule has 0 unspecified atom stereocenters. The van der Waals surface area contributed by atoms with Crippen molar-refractivity contribution in [3.63, 3.8) is 0 Å². The number of anilines is 1. The zero-order chi connectivity index (χ0) is 20.2. The second-order valence-corrected chi connectivity index (χ2v) is 9.92. The molecule has 0 aromatic heterocycles. The summed E-state index contributed by atoms with van der Waals surface area (Å²) < 4.78 is 14.7. The van der Waals surface area contributed by atoms with E-state index in [1.54, 1.807) is 12.1 Å². The van der Waals surface area contributed by atoms with Crippen LogP contribution in [0.2, 0.25) is 0 Å². The summed E-state index contributed by atoms with van der Waals surface area (Å²) in [4.78, 5) is 17.2. The molecule has 29 heavy (non-hydrogen) atoms. The number of fused-ring (bicyclic) bond motifs is 2. The van der Waals surface area contributed by atoms with Gasteiger partial charge in [0.25, 0.3) is 0 Å². The monoisotopic (exact) mass is 396 g/mol. The van der Waals surface area contributed by atoms with Crippen LogP contribution in [0.25, 0.3) is 0 Å². The number of nitriles is 1. The largest absolute Gasteiger partial charge is 0.370 e. The van der Waals surface area contributed by atoms with Gasteiger partial charge in [-0.2, -0.15) is 5.26 Å². The van der Waals surface area contributed by atoms with E-state index in [9.17, 15) is 14.4 Å². The summed E-state index contributed by atoms with van der Waals surface area (Å²) in [6, 6.07) is 7.97. The number of benzene rings is 1. The maximum absolute atomic E-state index is 14.7. The summed E-state index contributed by atoms with van der Waals surface area (Å²) in [7, 11) is 2.13. The molecule has 0 radical (unpaired) electrons. The first-order valence-corrected chi connectivity index (χ1v) is 10.8. The minimum absolute atomic E-state index is 0.0962. The number of nitrogens with one attached hydrogen (secondary N) is 1. The van der Waals surface area contributed by atoms with Crippen LogP contribution in [0.15, 0.2) is 18.2 Å². The van der Waals surface area contributed by atoms with Crippen LogP contribution in [0.4, 0.5) is 10.1 Å². The van der Waals surface area contributed by atoms with Gasteiger partial charge in [0.15, 0.2) is 5.78 Å². The Morgan fingerprint density at radius 3 is 2.72 bits per heavy atom. The number of piperidine rings is 1. The predicted molar refractivity (Wildman–Crippen MR) is 109 cm³/mol. The maximum atomic E-state index is 14.7. The lowest BCUT2D eigenvalue weighted by Crippen LogP contribution is -2.71. The molecule has 3 heterocycles. The first kappa shape index (κ1) is 19.0. The van der Waals surface area contributed by atoms with Gasteiger partial charge in [-0.05, 0) is 56.3 Å². The fourth-order valence-electron chi connectivity index (χ4n) is 6.16. The number of ketones is 1. The third kappa shape index (κ3) is 3.45. The molecule has 1 aromatic carbocycles. The van der Waals surface area contributed by atoms with Crippen LogP contribution >= 0.6 is 0 Å². The fourth-order valence-corrected chi connectivity index (χ4v) is 6.16. The van der Waals surface area contributed by atoms with Crippen molar-refractivity contribution in [3.8, 4) is 6.07 Å². The number of carbonyl (C=O) groups excluding carboxylic acids is 1. The van der Waals surface area contributed by atoms with Crippen LogP contribution in [0, 0.1) is 34.4 Å². The van der Waals surface area contributed by atoms with Gasteiger partial charge in [-0.3, -0.25) is 4.79 Å². The molecule has 5 rings (SSSR count). The molecule has 1 N–H and O–H groups in total. The molecule has 5 nitrogen and oxygen atoms in total. The number of halogens is 1. The number of likely N-dealkylation sites (tertiary alicyclic amines) is 1. The average Bonchev–Trinajstić information content (AvgIpc) is 3.27. The van der Waals surface area contributed by atoms with Crippen molar-refractivity contribution in [1.82, 2.24) is 10.2 Å². The quantitative estimate of drug-likeness (QED) is 0.800. The van der Waals surface area contributed by atoms with Crippen molar-refractivity contribution in [1.29, 1.82) is 5.26 Å². The molecule has 0 amide bonds. The minimum Gasteiger partial charge on any atom is -0.370 e. The molecule has 4 atom stereocenters. The highest BCUT2D eigenvalue weighted by Gasteiger charge is 2.50. The van der Waals surface area contributed by atoms with Crippen molar-refractivity contribution >= 4 is 11.5 Å². The Labute approximate surface area is 171 Å². The van der Waals surface area contributed by atoms with Crippen LogP contribution in [0.3, 0.4) is 0 Å². The van der Waals surface area contributed by atoms with E-state index < -0.39 is 5.92 Å². The molecular weight excluding hydrogens is 367 g/mol. The third-order valence-corrected chi connectivity index (χ3v) is 7.47. The lowest BCUT2D eigenvalue weighted by atomic mass is 9.73. The van der Waals surface area contributed by atoms with Crippen molar-refractivity contribution in [2.75, 3.05) is 38.1 Å². The molecule has 4 aliphatic rings. The fraction of sp³-hybridized carbons (Fsp3) is 0.652. The van der Waals surface area contributed by atoms with Gasteiger partial charge in [0, 0.05) is 49.7 Å². The molecule has 1 aromatic rings. The van der Waals surface area contributed by atoms with Gasteiger partial charge in [0.05, 0.1) is 18.0 Å². The number of nitrogens with zero attached hydrogens (tertiary/aromatic N) is 3. The lowest BCUT2D eigenvalue weighted by molar-refractivity contribution is -0.122. The first-order valence-electron chi connectivity index (χ1n) is 10.8. The average molecular weight is 397 g/mol. The SMILES string of the molecule is CN1CC2(C1)CN(c1ccc(C[C@@H](C#N)CC(=O)[C@H]3N[C@@H]4CC[C@H]3C4)c(F)c1)C2. The van der Waals surface area contributed by atoms with Gasteiger partial charge in [-0.1, -0.05) is 6.07 Å².